The van der Waals surface area contributed by atoms with Crippen LogP contribution in [0.1, 0.15) is 51.4 Å². The molecule has 1 N–H and O–H groups in total. The highest BCUT2D eigenvalue weighted by Gasteiger charge is 2.19. The molecule has 0 aromatic heterocycles. The Morgan fingerprint density at radius 1 is 1.00 bits per heavy atom. The highest BCUT2D eigenvalue weighted by atomic mass is 79.9. The molecule has 0 radical (unpaired) electrons. The molecular formula is C13H27BrClN. The van der Waals surface area contributed by atoms with Crippen molar-refractivity contribution in [3.8, 4) is 0 Å². The molecule has 0 bridgehead atoms. The maximum Gasteiger partial charge on any atom is 0.00313 e. The van der Waals surface area contributed by atoms with E-state index in [1.165, 1.54) is 63.2 Å². The van der Waals surface area contributed by atoms with Crippen molar-refractivity contribution in [2.24, 2.45) is 11.8 Å². The van der Waals surface area contributed by atoms with Crippen LogP contribution in [0.4, 0.5) is 0 Å². The van der Waals surface area contributed by atoms with Crippen LogP contribution in [0.3, 0.4) is 0 Å². The second kappa shape index (κ2) is 10.9. The zero-order valence-corrected chi connectivity index (χ0v) is 12.9. The molecule has 0 aromatic carbocycles. The van der Waals surface area contributed by atoms with E-state index in [2.05, 4.69) is 28.3 Å². The van der Waals surface area contributed by atoms with Gasteiger partial charge in [-0.3, -0.25) is 0 Å². The third-order valence-corrected chi connectivity index (χ3v) is 4.27. The van der Waals surface area contributed by atoms with Gasteiger partial charge in [0.25, 0.3) is 0 Å². The van der Waals surface area contributed by atoms with E-state index in [-0.39, 0.29) is 12.4 Å². The fraction of sp³-hybridized carbons (Fsp3) is 1.00. The van der Waals surface area contributed by atoms with Crippen molar-refractivity contribution >= 4 is 28.3 Å². The summed E-state index contributed by atoms with van der Waals surface area (Å²) < 4.78 is 0. The second-order valence-corrected chi connectivity index (χ2v) is 5.78. The van der Waals surface area contributed by atoms with Crippen LogP contribution >= 0.6 is 28.3 Å². The summed E-state index contributed by atoms with van der Waals surface area (Å²) in [6.07, 6.45) is 11.6. The Morgan fingerprint density at radius 3 is 2.19 bits per heavy atom. The topological polar surface area (TPSA) is 12.0 Å². The zero-order chi connectivity index (χ0) is 10.9. The Labute approximate surface area is 116 Å². The molecule has 0 heterocycles. The Bertz CT molecular complexity index is 144. The van der Waals surface area contributed by atoms with Crippen LogP contribution in [-0.2, 0) is 0 Å². The van der Waals surface area contributed by atoms with Crippen molar-refractivity contribution in [2.75, 3.05) is 18.9 Å². The SMILES string of the molecule is CNC[C@H]1CC[C@H](CCCCCBr)CC1.Cl. The number of hydrogen-bond donors (Lipinski definition) is 1. The van der Waals surface area contributed by atoms with E-state index in [1.807, 2.05) is 0 Å². The van der Waals surface area contributed by atoms with Crippen LogP contribution in [0.5, 0.6) is 0 Å². The molecule has 0 saturated heterocycles. The Kier molecular flexibility index (Phi) is 11.4. The summed E-state index contributed by atoms with van der Waals surface area (Å²) in [6, 6.07) is 0. The first-order valence-corrected chi connectivity index (χ1v) is 7.69. The van der Waals surface area contributed by atoms with Gasteiger partial charge in [-0.25, -0.2) is 0 Å². The third kappa shape index (κ3) is 7.13. The molecule has 16 heavy (non-hydrogen) atoms. The zero-order valence-electron chi connectivity index (χ0n) is 10.5. The van der Waals surface area contributed by atoms with E-state index in [1.54, 1.807) is 0 Å². The van der Waals surface area contributed by atoms with Gasteiger partial charge in [0.2, 0.25) is 0 Å². The lowest BCUT2D eigenvalue weighted by Crippen LogP contribution is -2.23. The van der Waals surface area contributed by atoms with Gasteiger partial charge in [-0.2, -0.15) is 0 Å². The Morgan fingerprint density at radius 2 is 1.62 bits per heavy atom. The van der Waals surface area contributed by atoms with Crippen LogP contribution < -0.4 is 5.32 Å². The molecule has 0 atom stereocenters. The van der Waals surface area contributed by atoms with Crippen LogP contribution in [0.25, 0.3) is 0 Å². The number of alkyl halides is 1. The monoisotopic (exact) mass is 311 g/mol. The first kappa shape index (κ1) is 16.7. The molecule has 0 spiro atoms. The van der Waals surface area contributed by atoms with Gasteiger partial charge in [0.05, 0.1) is 0 Å². The Balaban J connectivity index is 0.00000225. The minimum Gasteiger partial charge on any atom is -0.319 e. The second-order valence-electron chi connectivity index (χ2n) is 4.98. The molecule has 3 heteroatoms. The third-order valence-electron chi connectivity index (χ3n) is 3.71. The van der Waals surface area contributed by atoms with Crippen molar-refractivity contribution in [1.82, 2.24) is 5.32 Å². The van der Waals surface area contributed by atoms with Gasteiger partial charge >= 0.3 is 0 Å². The first-order chi connectivity index (χ1) is 7.36. The predicted octanol–water partition coefficient (Wildman–Crippen LogP) is 4.39. The van der Waals surface area contributed by atoms with E-state index < -0.39 is 0 Å². The van der Waals surface area contributed by atoms with E-state index in [0.717, 1.165) is 11.8 Å². The molecule has 1 aliphatic rings. The molecule has 0 unspecified atom stereocenters. The molecule has 0 aromatic rings. The van der Waals surface area contributed by atoms with E-state index >= 15 is 0 Å². The molecule has 1 aliphatic carbocycles. The van der Waals surface area contributed by atoms with Gasteiger partial charge in [-0.05, 0) is 44.7 Å². The largest absolute Gasteiger partial charge is 0.319 e. The lowest BCUT2D eigenvalue weighted by Gasteiger charge is -2.28. The van der Waals surface area contributed by atoms with Crippen molar-refractivity contribution in [2.45, 2.75) is 51.4 Å². The summed E-state index contributed by atoms with van der Waals surface area (Å²) >= 11 is 3.49. The normalized spacial score (nSPS) is 25.1. The first-order valence-electron chi connectivity index (χ1n) is 6.57. The molecular weight excluding hydrogens is 286 g/mol. The maximum atomic E-state index is 3.49. The predicted molar refractivity (Wildman–Crippen MR) is 78.9 cm³/mol. The van der Waals surface area contributed by atoms with Crippen molar-refractivity contribution in [3.63, 3.8) is 0 Å². The lowest BCUT2D eigenvalue weighted by molar-refractivity contribution is 0.256. The fourth-order valence-corrected chi connectivity index (χ4v) is 3.11. The van der Waals surface area contributed by atoms with Crippen molar-refractivity contribution < 1.29 is 0 Å². The molecule has 98 valence electrons. The van der Waals surface area contributed by atoms with Gasteiger partial charge in [0, 0.05) is 5.33 Å². The highest BCUT2D eigenvalue weighted by molar-refractivity contribution is 9.09. The summed E-state index contributed by atoms with van der Waals surface area (Å²) in [5.41, 5.74) is 0. The van der Waals surface area contributed by atoms with Crippen molar-refractivity contribution in [3.05, 3.63) is 0 Å². The quantitative estimate of drug-likeness (QED) is 0.543. The van der Waals surface area contributed by atoms with Gasteiger partial charge in [-0.1, -0.05) is 48.0 Å². The van der Waals surface area contributed by atoms with Gasteiger partial charge in [0.15, 0.2) is 0 Å². The van der Waals surface area contributed by atoms with Crippen LogP contribution in [0.15, 0.2) is 0 Å². The van der Waals surface area contributed by atoms with Crippen LogP contribution in [0, 0.1) is 11.8 Å². The average molecular weight is 313 g/mol. The molecule has 1 rings (SSSR count). The number of rotatable bonds is 7. The van der Waals surface area contributed by atoms with E-state index in [9.17, 15) is 0 Å². The minimum atomic E-state index is 0. The smallest absolute Gasteiger partial charge is 0.00313 e. The fourth-order valence-electron chi connectivity index (χ4n) is 2.72. The van der Waals surface area contributed by atoms with E-state index in [0.29, 0.717) is 0 Å². The molecule has 0 amide bonds. The number of unbranched alkanes of at least 4 members (excludes halogenated alkanes) is 2. The van der Waals surface area contributed by atoms with Crippen LogP contribution in [0.2, 0.25) is 0 Å². The summed E-state index contributed by atoms with van der Waals surface area (Å²) in [4.78, 5) is 0. The van der Waals surface area contributed by atoms with Crippen molar-refractivity contribution in [1.29, 1.82) is 0 Å². The average Bonchev–Trinajstić information content (AvgIpc) is 2.27. The number of halogens is 2. The molecule has 0 aliphatic heterocycles. The van der Waals surface area contributed by atoms with Crippen LogP contribution in [-0.4, -0.2) is 18.9 Å². The standard InChI is InChI=1S/C13H26BrN.ClH/c1-15-11-13-8-6-12(7-9-13)5-3-2-4-10-14;/h12-13,15H,2-11H2,1H3;1H/t12-,13-;. The summed E-state index contributed by atoms with van der Waals surface area (Å²) in [5, 5.41) is 4.49. The maximum absolute atomic E-state index is 3.49. The molecule has 1 fully saturated rings. The summed E-state index contributed by atoms with van der Waals surface area (Å²) in [6.45, 7) is 1.23. The van der Waals surface area contributed by atoms with Gasteiger partial charge in [0.1, 0.15) is 0 Å². The molecule has 1 saturated carbocycles. The summed E-state index contributed by atoms with van der Waals surface area (Å²) in [7, 11) is 2.08. The highest BCUT2D eigenvalue weighted by Crippen LogP contribution is 2.31. The Hall–Kier alpha value is 0.730. The summed E-state index contributed by atoms with van der Waals surface area (Å²) in [5.74, 6) is 2.02. The van der Waals surface area contributed by atoms with Gasteiger partial charge < -0.3 is 5.32 Å². The van der Waals surface area contributed by atoms with Gasteiger partial charge in [-0.15, -0.1) is 12.4 Å². The lowest BCUT2D eigenvalue weighted by atomic mass is 9.80. The minimum absolute atomic E-state index is 0. The van der Waals surface area contributed by atoms with E-state index in [4.69, 9.17) is 0 Å². The number of hydrogen-bond acceptors (Lipinski definition) is 1. The molecule has 1 nitrogen and oxygen atoms in total. The number of nitrogens with one attached hydrogen (secondary N) is 1.